The number of hydrogen-bond acceptors (Lipinski definition) is 6. The standard InChI is InChI=1S/C30H30N6O2/c1-35-11-13-36(14-12-35)28-10-4-19(18-31-28)3-8-25-22-7-5-20(15-27(22)34-33-25)24-17-30(24)23-16-21(38-2)6-9-26(23)32-29(30)37/h3-10,15-16,18,24H,11-14,17H2,1-2H3,(H,32,37)(H,33,34)/t24-,30-/m0/s1. The van der Waals surface area contributed by atoms with Crippen LogP contribution in [0.1, 0.15) is 34.7 Å². The average molecular weight is 507 g/mol. The van der Waals surface area contributed by atoms with Crippen molar-refractivity contribution in [3.05, 3.63) is 77.1 Å². The van der Waals surface area contributed by atoms with Crippen LogP contribution in [0.3, 0.4) is 0 Å². The van der Waals surface area contributed by atoms with Crippen LogP contribution in [0.15, 0.2) is 54.7 Å². The summed E-state index contributed by atoms with van der Waals surface area (Å²) in [6, 6.07) is 16.4. The minimum absolute atomic E-state index is 0.0753. The quantitative estimate of drug-likeness (QED) is 0.421. The van der Waals surface area contributed by atoms with Crippen LogP contribution in [-0.2, 0) is 10.2 Å². The number of likely N-dealkylation sites (N-methyl/N-ethyl adjacent to an activating group) is 1. The second-order valence-corrected chi connectivity index (χ2v) is 10.6. The van der Waals surface area contributed by atoms with Crippen LogP contribution in [-0.4, -0.2) is 66.3 Å². The summed E-state index contributed by atoms with van der Waals surface area (Å²) in [5.41, 5.74) is 5.45. The first-order valence-electron chi connectivity index (χ1n) is 13.1. The van der Waals surface area contributed by atoms with E-state index in [0.29, 0.717) is 0 Å². The number of H-pyrrole nitrogens is 1. The summed E-state index contributed by atoms with van der Waals surface area (Å²) in [4.78, 5) is 22.4. The number of rotatable bonds is 5. The number of piperazine rings is 1. The van der Waals surface area contributed by atoms with Gasteiger partial charge in [-0.3, -0.25) is 9.89 Å². The van der Waals surface area contributed by atoms with Gasteiger partial charge >= 0.3 is 0 Å². The molecule has 2 atom stereocenters. The van der Waals surface area contributed by atoms with E-state index in [1.54, 1.807) is 7.11 Å². The molecule has 0 bridgehead atoms. The van der Waals surface area contributed by atoms with Gasteiger partial charge in [0.05, 0.1) is 23.7 Å². The highest BCUT2D eigenvalue weighted by molar-refractivity contribution is 6.10. The molecule has 1 spiro atoms. The molecule has 192 valence electrons. The lowest BCUT2D eigenvalue weighted by molar-refractivity contribution is -0.118. The molecule has 8 nitrogen and oxygen atoms in total. The molecule has 0 unspecified atom stereocenters. The molecular formula is C30H30N6O2. The van der Waals surface area contributed by atoms with Crippen LogP contribution in [0.2, 0.25) is 0 Å². The van der Waals surface area contributed by atoms with Crippen LogP contribution in [0.4, 0.5) is 11.5 Å². The van der Waals surface area contributed by atoms with E-state index in [-0.39, 0.29) is 11.8 Å². The Morgan fingerprint density at radius 1 is 1.05 bits per heavy atom. The topological polar surface area (TPSA) is 86.4 Å². The van der Waals surface area contributed by atoms with Gasteiger partial charge in [0.1, 0.15) is 11.6 Å². The number of benzene rings is 2. The van der Waals surface area contributed by atoms with E-state index in [0.717, 1.165) is 83.1 Å². The molecule has 2 aromatic heterocycles. The zero-order chi connectivity index (χ0) is 25.9. The van der Waals surface area contributed by atoms with Gasteiger partial charge in [-0.2, -0.15) is 5.10 Å². The number of pyridine rings is 1. The first-order chi connectivity index (χ1) is 18.5. The number of methoxy groups -OCH3 is 1. The Balaban J connectivity index is 1.09. The monoisotopic (exact) mass is 506 g/mol. The predicted octanol–water partition coefficient (Wildman–Crippen LogP) is 4.27. The molecule has 8 heteroatoms. The van der Waals surface area contributed by atoms with E-state index >= 15 is 0 Å². The van der Waals surface area contributed by atoms with Crippen LogP contribution < -0.4 is 15.0 Å². The highest BCUT2D eigenvalue weighted by atomic mass is 16.5. The molecule has 1 aliphatic carbocycles. The molecule has 4 heterocycles. The van der Waals surface area contributed by atoms with Gasteiger partial charge in [0.2, 0.25) is 5.91 Å². The van der Waals surface area contributed by atoms with Crippen molar-refractivity contribution < 1.29 is 9.53 Å². The lowest BCUT2D eigenvalue weighted by Gasteiger charge is -2.33. The predicted molar refractivity (Wildman–Crippen MR) is 150 cm³/mol. The van der Waals surface area contributed by atoms with Gasteiger partial charge in [-0.15, -0.1) is 0 Å². The zero-order valence-corrected chi connectivity index (χ0v) is 21.6. The number of fused-ring (bicyclic) bond motifs is 3. The van der Waals surface area contributed by atoms with Crippen molar-refractivity contribution in [1.82, 2.24) is 20.1 Å². The lowest BCUT2D eigenvalue weighted by Crippen LogP contribution is -2.44. The third-order valence-electron chi connectivity index (χ3n) is 8.37. The largest absolute Gasteiger partial charge is 0.497 e. The summed E-state index contributed by atoms with van der Waals surface area (Å²) in [7, 11) is 3.81. The maximum atomic E-state index is 13.0. The van der Waals surface area contributed by atoms with E-state index in [9.17, 15) is 4.79 Å². The molecule has 2 fully saturated rings. The van der Waals surface area contributed by atoms with Gasteiger partial charge in [-0.1, -0.05) is 18.2 Å². The molecule has 0 radical (unpaired) electrons. The summed E-state index contributed by atoms with van der Waals surface area (Å²) in [6.07, 6.45) is 6.79. The average Bonchev–Trinajstić information content (AvgIpc) is 3.49. The molecule has 1 saturated heterocycles. The van der Waals surface area contributed by atoms with Crippen molar-refractivity contribution in [2.24, 2.45) is 0 Å². The summed E-state index contributed by atoms with van der Waals surface area (Å²) >= 11 is 0. The van der Waals surface area contributed by atoms with Crippen molar-refractivity contribution in [2.75, 3.05) is 50.6 Å². The number of nitrogens with one attached hydrogen (secondary N) is 2. The number of ether oxygens (including phenoxy) is 1. The Labute approximate surface area is 221 Å². The van der Waals surface area contributed by atoms with E-state index in [1.165, 1.54) is 0 Å². The number of amides is 1. The van der Waals surface area contributed by atoms with Gasteiger partial charge in [-0.05, 0) is 72.6 Å². The molecule has 3 aliphatic rings. The number of anilines is 2. The fourth-order valence-corrected chi connectivity index (χ4v) is 5.99. The van der Waals surface area contributed by atoms with Crippen LogP contribution in [0.5, 0.6) is 5.75 Å². The van der Waals surface area contributed by atoms with Gasteiger partial charge < -0.3 is 19.9 Å². The molecule has 1 saturated carbocycles. The van der Waals surface area contributed by atoms with Crippen molar-refractivity contribution in [2.45, 2.75) is 17.8 Å². The molecule has 7 rings (SSSR count). The first-order valence-corrected chi connectivity index (χ1v) is 13.1. The van der Waals surface area contributed by atoms with E-state index in [2.05, 4.69) is 67.7 Å². The second-order valence-electron chi connectivity index (χ2n) is 10.6. The van der Waals surface area contributed by atoms with Gasteiger partial charge in [-0.25, -0.2) is 4.98 Å². The van der Waals surface area contributed by atoms with Crippen molar-refractivity contribution in [1.29, 1.82) is 0 Å². The molecule has 2 aliphatic heterocycles. The summed E-state index contributed by atoms with van der Waals surface area (Å²) < 4.78 is 5.42. The smallest absolute Gasteiger partial charge is 0.235 e. The Morgan fingerprint density at radius 2 is 1.92 bits per heavy atom. The van der Waals surface area contributed by atoms with E-state index in [1.807, 2.05) is 36.5 Å². The first kappa shape index (κ1) is 23.0. The highest BCUT2D eigenvalue weighted by Crippen LogP contribution is 2.65. The molecule has 1 amide bonds. The minimum atomic E-state index is -0.510. The van der Waals surface area contributed by atoms with Crippen LogP contribution >= 0.6 is 0 Å². The molecule has 38 heavy (non-hydrogen) atoms. The van der Waals surface area contributed by atoms with Gasteiger partial charge in [0, 0.05) is 49.4 Å². The number of aromatic nitrogens is 3. The minimum Gasteiger partial charge on any atom is -0.497 e. The third-order valence-corrected chi connectivity index (χ3v) is 8.37. The maximum absolute atomic E-state index is 13.0. The SMILES string of the molecule is COc1ccc2c(c1)[C@]1(C[C@H]1c1ccc3c(C=Cc4ccc(N5CCN(C)CC5)nc4)n[nH]c3c1)C(=O)N2. The fourth-order valence-electron chi connectivity index (χ4n) is 5.99. The van der Waals surface area contributed by atoms with Crippen molar-refractivity contribution >= 4 is 40.5 Å². The molecular weight excluding hydrogens is 476 g/mol. The highest BCUT2D eigenvalue weighted by Gasteiger charge is 2.65. The van der Waals surface area contributed by atoms with Crippen molar-refractivity contribution in [3.8, 4) is 5.75 Å². The molecule has 2 N–H and O–H groups in total. The molecule has 2 aromatic carbocycles. The Kier molecular flexibility index (Phi) is 5.26. The number of carbonyl (C=O) groups excluding carboxylic acids is 1. The Bertz CT molecular complexity index is 1570. The third kappa shape index (κ3) is 3.67. The maximum Gasteiger partial charge on any atom is 0.235 e. The number of hydrogen-bond donors (Lipinski definition) is 2. The normalized spacial score (nSPS) is 22.8. The van der Waals surface area contributed by atoms with Crippen LogP contribution in [0.25, 0.3) is 23.1 Å². The van der Waals surface area contributed by atoms with Crippen molar-refractivity contribution in [3.63, 3.8) is 0 Å². The number of nitrogens with zero attached hydrogens (tertiary/aromatic N) is 4. The zero-order valence-electron chi connectivity index (χ0n) is 21.6. The Hall–Kier alpha value is -4.17. The van der Waals surface area contributed by atoms with Gasteiger partial charge in [0.15, 0.2) is 0 Å². The van der Waals surface area contributed by atoms with Crippen LogP contribution in [0, 0.1) is 0 Å². The lowest BCUT2D eigenvalue weighted by atomic mass is 9.91. The fraction of sp³-hybridized carbons (Fsp3) is 0.300. The van der Waals surface area contributed by atoms with Gasteiger partial charge in [0.25, 0.3) is 0 Å². The van der Waals surface area contributed by atoms with E-state index in [4.69, 9.17) is 4.74 Å². The Morgan fingerprint density at radius 3 is 2.71 bits per heavy atom. The summed E-state index contributed by atoms with van der Waals surface area (Å²) in [5, 5.41) is 11.9. The second kappa shape index (κ2) is 8.70. The summed E-state index contributed by atoms with van der Waals surface area (Å²) in [5.74, 6) is 2.01. The number of carbonyl (C=O) groups is 1. The number of aromatic amines is 1. The summed E-state index contributed by atoms with van der Waals surface area (Å²) in [6.45, 7) is 4.14. The van der Waals surface area contributed by atoms with E-state index < -0.39 is 5.41 Å². The molecule has 4 aromatic rings.